The minimum atomic E-state index is -0.913. The molecule has 0 aliphatic carbocycles. The summed E-state index contributed by atoms with van der Waals surface area (Å²) < 4.78 is 0. The van der Waals surface area contributed by atoms with Gasteiger partial charge in [-0.2, -0.15) is 5.10 Å². The molecular weight excluding hydrogens is 246 g/mol. The molecule has 2 rings (SSSR count). The molecule has 0 fully saturated rings. The number of carbonyl (C=O) groups excluding carboxylic acids is 1. The maximum atomic E-state index is 12.2. The second kappa shape index (κ2) is 5.09. The quantitative estimate of drug-likeness (QED) is 0.870. The monoisotopic (exact) mass is 261 g/mol. The van der Waals surface area contributed by atoms with E-state index in [-0.39, 0.29) is 12.5 Å². The zero-order valence-electron chi connectivity index (χ0n) is 10.8. The first-order valence-corrected chi connectivity index (χ1v) is 5.90. The Hall–Kier alpha value is -2.37. The molecule has 0 aliphatic rings. The summed E-state index contributed by atoms with van der Waals surface area (Å²) in [5.74, 6) is -1.71. The van der Waals surface area contributed by atoms with Crippen molar-refractivity contribution in [3.8, 4) is 0 Å². The van der Waals surface area contributed by atoms with E-state index >= 15 is 0 Å². The highest BCUT2D eigenvalue weighted by atomic mass is 16.4. The second-order valence-electron chi connectivity index (χ2n) is 4.60. The van der Waals surface area contributed by atoms with Gasteiger partial charge in [0, 0.05) is 24.5 Å². The van der Waals surface area contributed by atoms with Gasteiger partial charge in [0.05, 0.1) is 17.6 Å². The van der Waals surface area contributed by atoms with Crippen molar-refractivity contribution in [2.75, 3.05) is 13.6 Å². The van der Waals surface area contributed by atoms with Gasteiger partial charge in [0.25, 0.3) is 5.91 Å². The van der Waals surface area contributed by atoms with Gasteiger partial charge in [0.15, 0.2) is 0 Å². The second-order valence-corrected chi connectivity index (χ2v) is 4.60. The summed E-state index contributed by atoms with van der Waals surface area (Å²) in [4.78, 5) is 24.4. The molecule has 1 amide bonds. The molecule has 6 nitrogen and oxygen atoms in total. The first-order valence-electron chi connectivity index (χ1n) is 5.90. The summed E-state index contributed by atoms with van der Waals surface area (Å²) in [5, 5.41) is 16.5. The smallest absolute Gasteiger partial charge is 0.308 e. The number of nitrogens with zero attached hydrogens (tertiary/aromatic N) is 2. The van der Waals surface area contributed by atoms with Crippen LogP contribution in [0.2, 0.25) is 0 Å². The lowest BCUT2D eigenvalue weighted by atomic mass is 10.1. The van der Waals surface area contributed by atoms with Crippen LogP contribution in [0, 0.1) is 5.92 Å². The molecule has 0 saturated heterocycles. The molecule has 19 heavy (non-hydrogen) atoms. The van der Waals surface area contributed by atoms with E-state index in [1.165, 1.54) is 4.90 Å². The van der Waals surface area contributed by atoms with Crippen LogP contribution in [-0.2, 0) is 4.79 Å². The van der Waals surface area contributed by atoms with Crippen molar-refractivity contribution in [2.24, 2.45) is 5.92 Å². The first kappa shape index (κ1) is 13.1. The van der Waals surface area contributed by atoms with E-state index in [4.69, 9.17) is 5.11 Å². The minimum absolute atomic E-state index is 0.176. The average Bonchev–Trinajstić information content (AvgIpc) is 2.84. The van der Waals surface area contributed by atoms with Crippen molar-refractivity contribution >= 4 is 22.8 Å². The fourth-order valence-electron chi connectivity index (χ4n) is 1.86. The molecule has 2 N–H and O–H groups in total. The lowest BCUT2D eigenvalue weighted by Gasteiger charge is -2.19. The Kier molecular flexibility index (Phi) is 3.50. The Bertz CT molecular complexity index is 620. The molecule has 1 atom stereocenters. The van der Waals surface area contributed by atoms with Crippen molar-refractivity contribution < 1.29 is 14.7 Å². The van der Waals surface area contributed by atoms with Crippen LogP contribution in [0.4, 0.5) is 0 Å². The Morgan fingerprint density at radius 2 is 2.21 bits per heavy atom. The van der Waals surface area contributed by atoms with Crippen LogP contribution in [0.15, 0.2) is 24.4 Å². The Balaban J connectivity index is 2.16. The van der Waals surface area contributed by atoms with Crippen molar-refractivity contribution in [1.82, 2.24) is 15.1 Å². The van der Waals surface area contributed by atoms with Crippen LogP contribution in [-0.4, -0.2) is 45.7 Å². The number of rotatable bonds is 4. The van der Waals surface area contributed by atoms with Crippen LogP contribution in [0.3, 0.4) is 0 Å². The van der Waals surface area contributed by atoms with Gasteiger partial charge in [-0.1, -0.05) is 13.0 Å². The van der Waals surface area contributed by atoms with Crippen molar-refractivity contribution in [3.05, 3.63) is 30.0 Å². The first-order chi connectivity index (χ1) is 8.99. The van der Waals surface area contributed by atoms with Crippen LogP contribution < -0.4 is 0 Å². The fourth-order valence-corrected chi connectivity index (χ4v) is 1.86. The van der Waals surface area contributed by atoms with Crippen LogP contribution in [0.1, 0.15) is 17.3 Å². The molecule has 1 aromatic carbocycles. The van der Waals surface area contributed by atoms with Crippen molar-refractivity contribution in [1.29, 1.82) is 0 Å². The van der Waals surface area contributed by atoms with E-state index in [1.807, 2.05) is 0 Å². The Morgan fingerprint density at radius 3 is 2.89 bits per heavy atom. The van der Waals surface area contributed by atoms with Gasteiger partial charge in [0.1, 0.15) is 0 Å². The zero-order valence-corrected chi connectivity index (χ0v) is 10.8. The predicted molar refractivity (Wildman–Crippen MR) is 69.9 cm³/mol. The van der Waals surface area contributed by atoms with Crippen LogP contribution in [0.5, 0.6) is 0 Å². The summed E-state index contributed by atoms with van der Waals surface area (Å²) in [7, 11) is 1.60. The molecule has 0 spiro atoms. The highest BCUT2D eigenvalue weighted by Crippen LogP contribution is 2.14. The number of H-pyrrole nitrogens is 1. The number of carboxylic acid groups (broad SMARTS) is 1. The molecular formula is C13H15N3O3. The fraction of sp³-hybridized carbons (Fsp3) is 0.308. The molecule has 0 radical (unpaired) electrons. The number of carbonyl (C=O) groups is 2. The number of fused-ring (bicyclic) bond motifs is 1. The van der Waals surface area contributed by atoms with Gasteiger partial charge in [-0.25, -0.2) is 0 Å². The minimum Gasteiger partial charge on any atom is -0.481 e. The summed E-state index contributed by atoms with van der Waals surface area (Å²) in [6.07, 6.45) is 1.68. The third-order valence-corrected chi connectivity index (χ3v) is 3.00. The van der Waals surface area contributed by atoms with E-state index in [9.17, 15) is 9.59 Å². The number of aliphatic carboxylic acids is 1. The van der Waals surface area contributed by atoms with E-state index in [0.29, 0.717) is 5.56 Å². The zero-order chi connectivity index (χ0) is 14.0. The van der Waals surface area contributed by atoms with Gasteiger partial charge < -0.3 is 10.0 Å². The largest absolute Gasteiger partial charge is 0.481 e. The van der Waals surface area contributed by atoms with Crippen molar-refractivity contribution in [2.45, 2.75) is 6.92 Å². The maximum absolute atomic E-state index is 12.2. The molecule has 2 aromatic rings. The topological polar surface area (TPSA) is 86.3 Å². The normalized spacial score (nSPS) is 12.3. The van der Waals surface area contributed by atoms with Gasteiger partial charge >= 0.3 is 5.97 Å². The third-order valence-electron chi connectivity index (χ3n) is 3.00. The molecule has 6 heteroatoms. The molecule has 0 bridgehead atoms. The number of aromatic nitrogens is 2. The number of hydrogen-bond donors (Lipinski definition) is 2. The summed E-state index contributed by atoms with van der Waals surface area (Å²) in [6, 6.07) is 5.23. The molecule has 0 saturated carbocycles. The molecule has 1 unspecified atom stereocenters. The molecule has 0 aliphatic heterocycles. The SMILES string of the molecule is CC(CN(C)C(=O)c1ccc2cn[nH]c2c1)C(=O)O. The summed E-state index contributed by atoms with van der Waals surface area (Å²) >= 11 is 0. The van der Waals surface area contributed by atoms with Gasteiger partial charge in [-0.05, 0) is 12.1 Å². The molecule has 100 valence electrons. The standard InChI is InChI=1S/C13H15N3O3/c1-8(13(18)19)7-16(2)12(17)9-3-4-10-6-14-15-11(10)5-9/h3-6,8H,7H2,1-2H3,(H,14,15)(H,18,19). The highest BCUT2D eigenvalue weighted by Gasteiger charge is 2.18. The number of hydrogen-bond acceptors (Lipinski definition) is 3. The summed E-state index contributed by atoms with van der Waals surface area (Å²) in [5.41, 5.74) is 1.29. The lowest BCUT2D eigenvalue weighted by Crippen LogP contribution is -2.33. The summed E-state index contributed by atoms with van der Waals surface area (Å²) in [6.45, 7) is 1.75. The van der Waals surface area contributed by atoms with E-state index in [0.717, 1.165) is 10.9 Å². The molecule has 1 aromatic heterocycles. The van der Waals surface area contributed by atoms with Gasteiger partial charge in [0.2, 0.25) is 0 Å². The number of nitrogens with one attached hydrogen (secondary N) is 1. The average molecular weight is 261 g/mol. The predicted octanol–water partition coefficient (Wildman–Crippen LogP) is 1.36. The third kappa shape index (κ3) is 2.73. The maximum Gasteiger partial charge on any atom is 0.308 e. The number of carboxylic acids is 1. The van der Waals surface area contributed by atoms with Crippen LogP contribution in [0.25, 0.3) is 10.9 Å². The Labute approximate surface area is 110 Å². The van der Waals surface area contributed by atoms with Crippen LogP contribution >= 0.6 is 0 Å². The van der Waals surface area contributed by atoms with Gasteiger partial charge in [-0.15, -0.1) is 0 Å². The lowest BCUT2D eigenvalue weighted by molar-refractivity contribution is -0.141. The van der Waals surface area contributed by atoms with Crippen molar-refractivity contribution in [3.63, 3.8) is 0 Å². The number of aromatic amines is 1. The Morgan fingerprint density at radius 1 is 1.47 bits per heavy atom. The van der Waals surface area contributed by atoms with Gasteiger partial charge in [-0.3, -0.25) is 14.7 Å². The van der Waals surface area contributed by atoms with E-state index in [1.54, 1.807) is 38.4 Å². The highest BCUT2D eigenvalue weighted by molar-refractivity contribution is 5.97. The van der Waals surface area contributed by atoms with E-state index in [2.05, 4.69) is 10.2 Å². The molecule has 1 heterocycles. The number of amides is 1. The van der Waals surface area contributed by atoms with E-state index < -0.39 is 11.9 Å². The number of benzene rings is 1.